The van der Waals surface area contributed by atoms with Crippen molar-refractivity contribution in [1.82, 2.24) is 35.5 Å². The number of carbonyl (C=O) groups is 1. The minimum atomic E-state index is -0.755. The second-order valence-electron chi connectivity index (χ2n) is 8.61. The van der Waals surface area contributed by atoms with E-state index in [1.807, 2.05) is 32.0 Å². The molecule has 0 aliphatic carbocycles. The van der Waals surface area contributed by atoms with E-state index >= 15 is 0 Å². The van der Waals surface area contributed by atoms with Gasteiger partial charge in [0.2, 0.25) is 0 Å². The molecular formula is C26H29FN8O. The van der Waals surface area contributed by atoms with Crippen LogP contribution in [-0.2, 0) is 13.0 Å². The minimum absolute atomic E-state index is 0.221. The van der Waals surface area contributed by atoms with Gasteiger partial charge in [-0.3, -0.25) is 14.9 Å². The van der Waals surface area contributed by atoms with Crippen molar-refractivity contribution in [2.24, 2.45) is 0 Å². The fraction of sp³-hybridized carbons (Fsp3) is 0.308. The van der Waals surface area contributed by atoms with E-state index in [0.29, 0.717) is 28.8 Å². The van der Waals surface area contributed by atoms with Crippen molar-refractivity contribution in [3.63, 3.8) is 0 Å². The summed E-state index contributed by atoms with van der Waals surface area (Å²) in [4.78, 5) is 29.9. The Morgan fingerprint density at radius 3 is 2.58 bits per heavy atom. The standard InChI is InChI=1S/C26H29FN8O/c1-5-15(3)21-8-7-17(12-28-21)13-30-26(36)24-20(27)10-18(14-29-24)25-31-16(4)9-22(33-25)32-23-11-19(6-2)34-35-23/h7-12,14-15H,5-6,13H2,1-4H3,(H,30,36)(H2,31,32,33,34,35). The van der Waals surface area contributed by atoms with Crippen molar-refractivity contribution >= 4 is 17.5 Å². The summed E-state index contributed by atoms with van der Waals surface area (Å²) in [6.45, 7) is 8.28. The van der Waals surface area contributed by atoms with Crippen molar-refractivity contribution in [2.75, 3.05) is 5.32 Å². The van der Waals surface area contributed by atoms with Crippen LogP contribution in [0.25, 0.3) is 11.4 Å². The average Bonchev–Trinajstić information content (AvgIpc) is 3.34. The van der Waals surface area contributed by atoms with Crippen molar-refractivity contribution in [1.29, 1.82) is 0 Å². The number of H-pyrrole nitrogens is 1. The lowest BCUT2D eigenvalue weighted by atomic mass is 10.0. The predicted molar refractivity (Wildman–Crippen MR) is 135 cm³/mol. The molecule has 9 nitrogen and oxygen atoms in total. The van der Waals surface area contributed by atoms with Crippen LogP contribution in [-0.4, -0.2) is 36.0 Å². The Kier molecular flexibility index (Phi) is 7.62. The Balaban J connectivity index is 1.45. The highest BCUT2D eigenvalue weighted by Gasteiger charge is 2.16. The van der Waals surface area contributed by atoms with Crippen molar-refractivity contribution in [3.05, 3.63) is 76.9 Å². The number of nitrogens with one attached hydrogen (secondary N) is 3. The Hall–Kier alpha value is -4.21. The average molecular weight is 489 g/mol. The van der Waals surface area contributed by atoms with E-state index < -0.39 is 11.7 Å². The van der Waals surface area contributed by atoms with Gasteiger partial charge in [-0.2, -0.15) is 5.10 Å². The highest BCUT2D eigenvalue weighted by Crippen LogP contribution is 2.22. The maximum Gasteiger partial charge on any atom is 0.273 e. The number of nitrogens with zero attached hydrogens (tertiary/aromatic N) is 5. The second kappa shape index (κ2) is 11.0. The molecule has 0 saturated carbocycles. The highest BCUT2D eigenvalue weighted by atomic mass is 19.1. The minimum Gasteiger partial charge on any atom is -0.346 e. The Morgan fingerprint density at radius 1 is 1.08 bits per heavy atom. The lowest BCUT2D eigenvalue weighted by molar-refractivity contribution is 0.0941. The third-order valence-electron chi connectivity index (χ3n) is 5.85. The number of aromatic nitrogens is 6. The van der Waals surface area contributed by atoms with Crippen LogP contribution in [0.4, 0.5) is 16.0 Å². The molecule has 0 bridgehead atoms. The van der Waals surface area contributed by atoms with Crippen molar-refractivity contribution in [2.45, 2.75) is 53.0 Å². The van der Waals surface area contributed by atoms with E-state index in [1.165, 1.54) is 12.3 Å². The summed E-state index contributed by atoms with van der Waals surface area (Å²) in [6, 6.07) is 8.73. The molecule has 4 heterocycles. The highest BCUT2D eigenvalue weighted by molar-refractivity contribution is 5.92. The number of aromatic amines is 1. The zero-order chi connectivity index (χ0) is 25.7. The quantitative estimate of drug-likeness (QED) is 0.308. The zero-order valence-corrected chi connectivity index (χ0v) is 20.8. The molecule has 186 valence electrons. The molecule has 4 aromatic rings. The molecule has 0 aromatic carbocycles. The third kappa shape index (κ3) is 5.88. The van der Waals surface area contributed by atoms with Crippen LogP contribution in [0.2, 0.25) is 0 Å². The largest absolute Gasteiger partial charge is 0.346 e. The van der Waals surface area contributed by atoms with Gasteiger partial charge < -0.3 is 10.6 Å². The molecule has 0 aliphatic rings. The Morgan fingerprint density at radius 2 is 1.92 bits per heavy atom. The smallest absolute Gasteiger partial charge is 0.273 e. The lowest BCUT2D eigenvalue weighted by Crippen LogP contribution is -2.25. The molecule has 3 N–H and O–H groups in total. The van der Waals surface area contributed by atoms with Crippen LogP contribution in [0.1, 0.15) is 66.2 Å². The van der Waals surface area contributed by atoms with Crippen LogP contribution >= 0.6 is 0 Å². The first-order valence-electron chi connectivity index (χ1n) is 11.9. The summed E-state index contributed by atoms with van der Waals surface area (Å²) in [5, 5.41) is 13.0. The van der Waals surface area contributed by atoms with E-state index in [1.54, 1.807) is 12.3 Å². The van der Waals surface area contributed by atoms with Crippen LogP contribution in [0.3, 0.4) is 0 Å². The van der Waals surface area contributed by atoms with E-state index in [4.69, 9.17) is 0 Å². The van der Waals surface area contributed by atoms with Gasteiger partial charge in [0.15, 0.2) is 23.2 Å². The summed E-state index contributed by atoms with van der Waals surface area (Å²) in [6.07, 6.45) is 4.94. The van der Waals surface area contributed by atoms with Gasteiger partial charge in [0.1, 0.15) is 5.82 Å². The fourth-order valence-corrected chi connectivity index (χ4v) is 3.53. The number of pyridine rings is 2. The Bertz CT molecular complexity index is 1350. The van der Waals surface area contributed by atoms with Gasteiger partial charge in [-0.1, -0.05) is 26.8 Å². The first-order chi connectivity index (χ1) is 17.4. The monoisotopic (exact) mass is 488 g/mol. The first kappa shape index (κ1) is 24.9. The van der Waals surface area contributed by atoms with Gasteiger partial charge >= 0.3 is 0 Å². The van der Waals surface area contributed by atoms with E-state index in [-0.39, 0.29) is 18.1 Å². The molecular weight excluding hydrogens is 459 g/mol. The normalized spacial score (nSPS) is 11.8. The summed E-state index contributed by atoms with van der Waals surface area (Å²) in [7, 11) is 0. The number of hydrogen-bond donors (Lipinski definition) is 3. The Labute approximate surface area is 209 Å². The number of carbonyl (C=O) groups excluding carboxylic acids is 1. The molecule has 36 heavy (non-hydrogen) atoms. The first-order valence-corrected chi connectivity index (χ1v) is 11.9. The predicted octanol–water partition coefficient (Wildman–Crippen LogP) is 4.85. The van der Waals surface area contributed by atoms with Crippen molar-refractivity contribution < 1.29 is 9.18 Å². The number of rotatable bonds is 9. The fourth-order valence-electron chi connectivity index (χ4n) is 3.53. The maximum atomic E-state index is 14.9. The number of amides is 1. The van der Waals surface area contributed by atoms with E-state index in [0.717, 1.165) is 29.8 Å². The van der Waals surface area contributed by atoms with Gasteiger partial charge in [0, 0.05) is 53.7 Å². The molecule has 10 heteroatoms. The van der Waals surface area contributed by atoms with Gasteiger partial charge in [0.05, 0.1) is 0 Å². The van der Waals surface area contributed by atoms with Crippen LogP contribution in [0.15, 0.2) is 42.7 Å². The SMILES string of the molecule is CCc1cc(Nc2cc(C)nc(-c3cnc(C(=O)NCc4ccc(C(C)CC)nc4)c(F)c3)n2)n[nH]1. The third-order valence-corrected chi connectivity index (χ3v) is 5.85. The molecule has 0 fully saturated rings. The maximum absolute atomic E-state index is 14.9. The molecule has 0 saturated heterocycles. The number of hydrogen-bond acceptors (Lipinski definition) is 7. The van der Waals surface area contributed by atoms with Crippen LogP contribution in [0, 0.1) is 12.7 Å². The molecule has 0 aliphatic heterocycles. The molecule has 0 radical (unpaired) electrons. The van der Waals surface area contributed by atoms with Gasteiger partial charge in [-0.05, 0) is 43.4 Å². The molecule has 0 spiro atoms. The topological polar surface area (TPSA) is 121 Å². The lowest BCUT2D eigenvalue weighted by Gasteiger charge is -2.10. The summed E-state index contributed by atoms with van der Waals surface area (Å²) >= 11 is 0. The molecule has 4 aromatic heterocycles. The molecule has 1 unspecified atom stereocenters. The molecule has 4 rings (SSSR count). The van der Waals surface area contributed by atoms with Crippen molar-refractivity contribution in [3.8, 4) is 11.4 Å². The van der Waals surface area contributed by atoms with Gasteiger partial charge in [-0.15, -0.1) is 0 Å². The number of aryl methyl sites for hydroxylation is 2. The van der Waals surface area contributed by atoms with E-state index in [2.05, 4.69) is 54.6 Å². The molecule has 1 amide bonds. The zero-order valence-electron chi connectivity index (χ0n) is 20.8. The summed E-state index contributed by atoms with van der Waals surface area (Å²) in [5.74, 6) is 0.430. The van der Waals surface area contributed by atoms with Gasteiger partial charge in [0.25, 0.3) is 5.91 Å². The number of halogens is 1. The number of anilines is 2. The van der Waals surface area contributed by atoms with Crippen LogP contribution < -0.4 is 10.6 Å². The van der Waals surface area contributed by atoms with E-state index in [9.17, 15) is 9.18 Å². The second-order valence-corrected chi connectivity index (χ2v) is 8.61. The summed E-state index contributed by atoms with van der Waals surface area (Å²) < 4.78 is 14.9. The van der Waals surface area contributed by atoms with Crippen LogP contribution in [0.5, 0.6) is 0 Å². The summed E-state index contributed by atoms with van der Waals surface area (Å²) in [5.41, 5.74) is 3.56. The molecule has 1 atom stereocenters. The van der Waals surface area contributed by atoms with Gasteiger partial charge in [-0.25, -0.2) is 19.3 Å².